The quantitative estimate of drug-likeness (QED) is 0.686. The first-order valence-corrected chi connectivity index (χ1v) is 6.21. The van der Waals surface area contributed by atoms with Gasteiger partial charge in [-0.3, -0.25) is 9.69 Å². The summed E-state index contributed by atoms with van der Waals surface area (Å²) in [5.41, 5.74) is 0. The van der Waals surface area contributed by atoms with Gasteiger partial charge in [0.1, 0.15) is 0 Å². The Bertz CT molecular complexity index is 228. The van der Waals surface area contributed by atoms with Crippen molar-refractivity contribution >= 4 is 5.91 Å². The minimum absolute atomic E-state index is 0.297. The number of hydrogen-bond acceptors (Lipinski definition) is 2. The Kier molecular flexibility index (Phi) is 3.29. The van der Waals surface area contributed by atoms with Crippen molar-refractivity contribution < 1.29 is 4.79 Å². The molecule has 1 amide bonds. The second-order valence-electron chi connectivity index (χ2n) is 5.13. The van der Waals surface area contributed by atoms with Crippen LogP contribution in [0.2, 0.25) is 0 Å². The number of likely N-dealkylation sites (tertiary alicyclic amines) is 2. The molecule has 2 fully saturated rings. The van der Waals surface area contributed by atoms with Crippen LogP contribution in [-0.4, -0.2) is 47.9 Å². The fourth-order valence-corrected chi connectivity index (χ4v) is 2.46. The third-order valence-electron chi connectivity index (χ3n) is 3.66. The first kappa shape index (κ1) is 10.9. The summed E-state index contributed by atoms with van der Waals surface area (Å²) in [5.74, 6) is 0.706. The molecule has 3 heteroatoms. The van der Waals surface area contributed by atoms with Crippen LogP contribution in [0, 0.1) is 5.92 Å². The van der Waals surface area contributed by atoms with Crippen molar-refractivity contribution in [1.82, 2.24) is 9.80 Å². The third-order valence-corrected chi connectivity index (χ3v) is 3.66. The van der Waals surface area contributed by atoms with Gasteiger partial charge in [0, 0.05) is 32.2 Å². The molecule has 0 aromatic rings. The minimum atomic E-state index is 0.297. The molecule has 0 bridgehead atoms. The molecule has 0 N–H and O–H groups in total. The van der Waals surface area contributed by atoms with Crippen LogP contribution in [0.3, 0.4) is 0 Å². The van der Waals surface area contributed by atoms with E-state index in [1.807, 2.05) is 0 Å². The highest BCUT2D eigenvalue weighted by molar-refractivity contribution is 5.80. The summed E-state index contributed by atoms with van der Waals surface area (Å²) in [6.07, 6.45) is 3.70. The molecular weight excluding hydrogens is 188 g/mol. The molecule has 0 aromatic carbocycles. The highest BCUT2D eigenvalue weighted by Crippen LogP contribution is 2.22. The van der Waals surface area contributed by atoms with Crippen molar-refractivity contribution in [3.05, 3.63) is 0 Å². The van der Waals surface area contributed by atoms with Crippen molar-refractivity contribution in [3.63, 3.8) is 0 Å². The molecule has 0 atom stereocenters. The average Bonchev–Trinajstić information content (AvgIpc) is 2.16. The molecule has 15 heavy (non-hydrogen) atoms. The normalized spacial score (nSPS) is 24.3. The van der Waals surface area contributed by atoms with Gasteiger partial charge < -0.3 is 4.90 Å². The van der Waals surface area contributed by atoms with E-state index in [9.17, 15) is 4.79 Å². The van der Waals surface area contributed by atoms with Gasteiger partial charge in [0.2, 0.25) is 5.91 Å². The summed E-state index contributed by atoms with van der Waals surface area (Å²) in [4.78, 5) is 16.5. The monoisotopic (exact) mass is 210 g/mol. The Morgan fingerprint density at radius 2 is 1.73 bits per heavy atom. The summed E-state index contributed by atoms with van der Waals surface area (Å²) < 4.78 is 0. The summed E-state index contributed by atoms with van der Waals surface area (Å²) >= 11 is 0. The zero-order valence-corrected chi connectivity index (χ0v) is 9.91. The first-order chi connectivity index (χ1) is 7.18. The van der Waals surface area contributed by atoms with Crippen molar-refractivity contribution in [3.8, 4) is 0 Å². The van der Waals surface area contributed by atoms with Crippen LogP contribution < -0.4 is 0 Å². The molecule has 2 saturated heterocycles. The van der Waals surface area contributed by atoms with Crippen LogP contribution in [0.15, 0.2) is 0 Å². The number of piperidine rings is 1. The van der Waals surface area contributed by atoms with E-state index in [-0.39, 0.29) is 0 Å². The van der Waals surface area contributed by atoms with Gasteiger partial charge in [-0.15, -0.1) is 0 Å². The highest BCUT2D eigenvalue weighted by atomic mass is 16.2. The summed E-state index contributed by atoms with van der Waals surface area (Å²) in [7, 11) is 0. The van der Waals surface area contributed by atoms with Crippen LogP contribution >= 0.6 is 0 Å². The Morgan fingerprint density at radius 3 is 2.27 bits per heavy atom. The molecule has 0 aliphatic carbocycles. The van der Waals surface area contributed by atoms with Crippen molar-refractivity contribution in [2.24, 2.45) is 5.92 Å². The number of rotatable bonds is 2. The molecule has 2 heterocycles. The number of nitrogens with zero attached hydrogens (tertiary/aromatic N) is 2. The van der Waals surface area contributed by atoms with Crippen molar-refractivity contribution in [2.75, 3.05) is 26.2 Å². The number of carbonyl (C=O) groups is 1. The van der Waals surface area contributed by atoms with Crippen LogP contribution in [0.4, 0.5) is 0 Å². The zero-order chi connectivity index (χ0) is 10.8. The second-order valence-corrected chi connectivity index (χ2v) is 5.13. The van der Waals surface area contributed by atoms with E-state index in [1.165, 1.54) is 19.3 Å². The van der Waals surface area contributed by atoms with Gasteiger partial charge in [0.25, 0.3) is 0 Å². The van der Waals surface area contributed by atoms with Crippen LogP contribution in [0.5, 0.6) is 0 Å². The molecule has 0 saturated carbocycles. The van der Waals surface area contributed by atoms with E-state index >= 15 is 0 Å². The molecule has 3 nitrogen and oxygen atoms in total. The van der Waals surface area contributed by atoms with Crippen LogP contribution in [0.1, 0.15) is 33.1 Å². The van der Waals surface area contributed by atoms with Gasteiger partial charge in [-0.1, -0.05) is 0 Å². The summed E-state index contributed by atoms with van der Waals surface area (Å²) in [6.45, 7) is 8.34. The van der Waals surface area contributed by atoms with Gasteiger partial charge in [-0.25, -0.2) is 0 Å². The largest absolute Gasteiger partial charge is 0.342 e. The van der Waals surface area contributed by atoms with Gasteiger partial charge in [-0.2, -0.15) is 0 Å². The number of amides is 1. The van der Waals surface area contributed by atoms with Gasteiger partial charge in [0.15, 0.2) is 0 Å². The lowest BCUT2D eigenvalue weighted by molar-refractivity contribution is -0.142. The van der Waals surface area contributed by atoms with E-state index in [4.69, 9.17) is 0 Å². The molecule has 0 spiro atoms. The fraction of sp³-hybridized carbons (Fsp3) is 0.917. The predicted octanol–water partition coefficient (Wildman–Crippen LogP) is 1.34. The summed E-state index contributed by atoms with van der Waals surface area (Å²) in [5, 5.41) is 0. The van der Waals surface area contributed by atoms with E-state index in [0.29, 0.717) is 17.9 Å². The molecule has 2 aliphatic heterocycles. The lowest BCUT2D eigenvalue weighted by Crippen LogP contribution is -2.57. The molecule has 0 unspecified atom stereocenters. The van der Waals surface area contributed by atoms with E-state index in [1.54, 1.807) is 0 Å². The SMILES string of the molecule is CC(C)N1CC(C(=O)N2CCCCC2)C1. The summed E-state index contributed by atoms with van der Waals surface area (Å²) in [6, 6.07) is 0.593. The average molecular weight is 210 g/mol. The Labute approximate surface area is 92.4 Å². The Balaban J connectivity index is 1.78. The maximum Gasteiger partial charge on any atom is 0.228 e. The molecule has 0 radical (unpaired) electrons. The molecule has 2 aliphatic rings. The van der Waals surface area contributed by atoms with Crippen LogP contribution in [0.25, 0.3) is 0 Å². The Hall–Kier alpha value is -0.570. The number of hydrogen-bond donors (Lipinski definition) is 0. The maximum absolute atomic E-state index is 12.0. The standard InChI is InChI=1S/C12H22N2O/c1-10(2)14-8-11(9-14)12(15)13-6-4-3-5-7-13/h10-11H,3-9H2,1-2H3. The topological polar surface area (TPSA) is 23.6 Å². The van der Waals surface area contributed by atoms with Gasteiger partial charge >= 0.3 is 0 Å². The molecule has 86 valence electrons. The minimum Gasteiger partial charge on any atom is -0.342 e. The number of carbonyl (C=O) groups excluding carboxylic acids is 1. The van der Waals surface area contributed by atoms with Crippen molar-refractivity contribution in [2.45, 2.75) is 39.2 Å². The molecule has 0 aromatic heterocycles. The van der Waals surface area contributed by atoms with Crippen LogP contribution in [-0.2, 0) is 4.79 Å². The first-order valence-electron chi connectivity index (χ1n) is 6.21. The van der Waals surface area contributed by atoms with E-state index < -0.39 is 0 Å². The Morgan fingerprint density at radius 1 is 1.13 bits per heavy atom. The lowest BCUT2D eigenvalue weighted by Gasteiger charge is -2.43. The molecule has 2 rings (SSSR count). The fourth-order valence-electron chi connectivity index (χ4n) is 2.46. The molecular formula is C12H22N2O. The van der Waals surface area contributed by atoms with E-state index in [2.05, 4.69) is 23.6 Å². The van der Waals surface area contributed by atoms with Gasteiger partial charge in [0.05, 0.1) is 5.92 Å². The van der Waals surface area contributed by atoms with Gasteiger partial charge in [-0.05, 0) is 33.1 Å². The van der Waals surface area contributed by atoms with Crippen molar-refractivity contribution in [1.29, 1.82) is 0 Å². The lowest BCUT2D eigenvalue weighted by atomic mass is 9.95. The second kappa shape index (κ2) is 4.52. The van der Waals surface area contributed by atoms with E-state index in [0.717, 1.165) is 26.2 Å². The smallest absolute Gasteiger partial charge is 0.228 e. The maximum atomic E-state index is 12.0. The highest BCUT2D eigenvalue weighted by Gasteiger charge is 2.36. The third kappa shape index (κ3) is 2.33. The predicted molar refractivity (Wildman–Crippen MR) is 60.6 cm³/mol. The zero-order valence-electron chi connectivity index (χ0n) is 9.91.